The Labute approximate surface area is 183 Å². The molecule has 0 spiro atoms. The fraction of sp³-hybridized carbons (Fsp3) is 0.182. The average Bonchev–Trinajstić information content (AvgIpc) is 3.07. The Hall–Kier alpha value is -3.65. The van der Waals surface area contributed by atoms with Crippen LogP contribution < -0.4 is 9.47 Å². The summed E-state index contributed by atoms with van der Waals surface area (Å²) in [7, 11) is 0. The summed E-state index contributed by atoms with van der Waals surface area (Å²) in [5.74, 6) is 0.391. The highest BCUT2D eigenvalue weighted by Gasteiger charge is 2.26. The van der Waals surface area contributed by atoms with Gasteiger partial charge in [-0.2, -0.15) is 0 Å². The number of rotatable bonds is 8. The molecular weight excluding hydrogens is 424 g/mol. The Bertz CT molecular complexity index is 1120. The first kappa shape index (κ1) is 22.0. The standard InChI is InChI=1S/C22H19ClN2O6/c1-4-29-20-10-14(5-8-19(20)30-12-13(2)3)9-18-22(26)31-21(24-18)16-7-6-15(25(27)28)11-17(16)23/h5-11H,2,4,12H2,1,3H3/b18-9-. The molecule has 0 fully saturated rings. The lowest BCUT2D eigenvalue weighted by atomic mass is 10.1. The van der Waals surface area contributed by atoms with Gasteiger partial charge in [0, 0.05) is 12.1 Å². The second-order valence-electron chi connectivity index (χ2n) is 6.64. The molecule has 2 aromatic carbocycles. The molecule has 0 radical (unpaired) electrons. The van der Waals surface area contributed by atoms with E-state index in [1.54, 1.807) is 24.3 Å². The maximum Gasteiger partial charge on any atom is 0.363 e. The van der Waals surface area contributed by atoms with Crippen molar-refractivity contribution in [2.75, 3.05) is 13.2 Å². The molecule has 0 atom stereocenters. The van der Waals surface area contributed by atoms with Gasteiger partial charge in [-0.25, -0.2) is 9.79 Å². The van der Waals surface area contributed by atoms with Crippen molar-refractivity contribution in [3.05, 3.63) is 80.5 Å². The Morgan fingerprint density at radius 3 is 2.68 bits per heavy atom. The van der Waals surface area contributed by atoms with Crippen LogP contribution in [0.3, 0.4) is 0 Å². The maximum absolute atomic E-state index is 12.3. The van der Waals surface area contributed by atoms with Gasteiger partial charge in [-0.05, 0) is 49.3 Å². The summed E-state index contributed by atoms with van der Waals surface area (Å²) >= 11 is 6.10. The van der Waals surface area contributed by atoms with E-state index in [9.17, 15) is 14.9 Å². The van der Waals surface area contributed by atoms with Gasteiger partial charge in [0.15, 0.2) is 17.2 Å². The van der Waals surface area contributed by atoms with E-state index in [-0.39, 0.29) is 27.9 Å². The lowest BCUT2D eigenvalue weighted by Crippen LogP contribution is -2.06. The van der Waals surface area contributed by atoms with E-state index in [4.69, 9.17) is 25.8 Å². The number of nitro groups is 1. The molecule has 2 aromatic rings. The number of aliphatic imine (C=N–C) groups is 1. The maximum atomic E-state index is 12.3. The molecule has 0 unspecified atom stereocenters. The lowest BCUT2D eigenvalue weighted by molar-refractivity contribution is -0.384. The molecule has 0 N–H and O–H groups in total. The van der Waals surface area contributed by atoms with Crippen LogP contribution in [-0.4, -0.2) is 30.0 Å². The highest BCUT2D eigenvalue weighted by atomic mass is 35.5. The molecule has 160 valence electrons. The first-order chi connectivity index (χ1) is 14.8. The monoisotopic (exact) mass is 442 g/mol. The molecule has 1 heterocycles. The summed E-state index contributed by atoms with van der Waals surface area (Å²) in [6.45, 7) is 8.31. The fourth-order valence-corrected chi connectivity index (χ4v) is 2.93. The van der Waals surface area contributed by atoms with E-state index in [1.807, 2.05) is 13.8 Å². The predicted molar refractivity (Wildman–Crippen MR) is 117 cm³/mol. The molecule has 9 heteroatoms. The van der Waals surface area contributed by atoms with Gasteiger partial charge in [0.05, 0.1) is 22.1 Å². The topological polar surface area (TPSA) is 100 Å². The molecule has 0 aromatic heterocycles. The van der Waals surface area contributed by atoms with Crippen LogP contribution in [0, 0.1) is 10.1 Å². The molecule has 1 aliphatic heterocycles. The van der Waals surface area contributed by atoms with Crippen molar-refractivity contribution in [3.63, 3.8) is 0 Å². The minimum atomic E-state index is -0.662. The van der Waals surface area contributed by atoms with Crippen molar-refractivity contribution in [1.29, 1.82) is 0 Å². The quantitative estimate of drug-likeness (QED) is 0.188. The molecule has 1 aliphatic rings. The lowest BCUT2D eigenvalue weighted by Gasteiger charge is -2.12. The van der Waals surface area contributed by atoms with Crippen LogP contribution in [0.5, 0.6) is 11.5 Å². The van der Waals surface area contributed by atoms with Gasteiger partial charge in [0.2, 0.25) is 5.90 Å². The number of benzene rings is 2. The number of nitro benzene ring substituents is 1. The Balaban J connectivity index is 1.90. The predicted octanol–water partition coefficient (Wildman–Crippen LogP) is 4.95. The van der Waals surface area contributed by atoms with Crippen molar-refractivity contribution < 1.29 is 23.9 Å². The van der Waals surface area contributed by atoms with E-state index < -0.39 is 10.9 Å². The van der Waals surface area contributed by atoms with Crippen molar-refractivity contribution >= 4 is 35.2 Å². The van der Waals surface area contributed by atoms with Crippen LogP contribution in [-0.2, 0) is 9.53 Å². The smallest absolute Gasteiger partial charge is 0.363 e. The molecular formula is C22H19ClN2O6. The zero-order chi connectivity index (χ0) is 22.5. The first-order valence-corrected chi connectivity index (χ1v) is 9.67. The zero-order valence-electron chi connectivity index (χ0n) is 16.9. The SMILES string of the molecule is C=C(C)COc1ccc(/C=C2\N=C(c3ccc([N+](=O)[O-])cc3Cl)OC2=O)cc1OCC. The highest BCUT2D eigenvalue weighted by molar-refractivity contribution is 6.34. The van der Waals surface area contributed by atoms with Crippen LogP contribution in [0.15, 0.2) is 59.2 Å². The van der Waals surface area contributed by atoms with Crippen molar-refractivity contribution in [3.8, 4) is 11.5 Å². The van der Waals surface area contributed by atoms with Crippen molar-refractivity contribution in [2.45, 2.75) is 13.8 Å². The van der Waals surface area contributed by atoms with E-state index in [0.717, 1.165) is 5.57 Å². The number of non-ortho nitro benzene ring substituents is 1. The number of nitrogens with zero attached hydrogens (tertiary/aromatic N) is 2. The number of hydrogen-bond acceptors (Lipinski definition) is 7. The van der Waals surface area contributed by atoms with E-state index >= 15 is 0 Å². The third kappa shape index (κ3) is 5.29. The minimum Gasteiger partial charge on any atom is -0.490 e. The molecule has 0 saturated carbocycles. The number of carbonyl (C=O) groups is 1. The summed E-state index contributed by atoms with van der Waals surface area (Å²) in [5.41, 5.74) is 1.68. The molecule has 31 heavy (non-hydrogen) atoms. The van der Waals surface area contributed by atoms with Crippen LogP contribution in [0.25, 0.3) is 6.08 Å². The third-order valence-corrected chi connectivity index (χ3v) is 4.37. The van der Waals surface area contributed by atoms with Gasteiger partial charge in [-0.1, -0.05) is 24.2 Å². The van der Waals surface area contributed by atoms with Crippen LogP contribution in [0.2, 0.25) is 5.02 Å². The van der Waals surface area contributed by atoms with E-state index in [2.05, 4.69) is 11.6 Å². The summed E-state index contributed by atoms with van der Waals surface area (Å²) in [5, 5.41) is 10.9. The molecule has 0 aliphatic carbocycles. The Kier molecular flexibility index (Phi) is 6.71. The zero-order valence-corrected chi connectivity index (χ0v) is 17.6. The Morgan fingerprint density at radius 1 is 1.26 bits per heavy atom. The second-order valence-corrected chi connectivity index (χ2v) is 7.05. The summed E-state index contributed by atoms with van der Waals surface area (Å²) in [6, 6.07) is 9.03. The highest BCUT2D eigenvalue weighted by Crippen LogP contribution is 2.31. The number of esters is 1. The first-order valence-electron chi connectivity index (χ1n) is 9.29. The Morgan fingerprint density at radius 2 is 2.03 bits per heavy atom. The van der Waals surface area contributed by atoms with Gasteiger partial charge in [-0.15, -0.1) is 0 Å². The molecule has 0 bridgehead atoms. The number of carbonyl (C=O) groups excluding carboxylic acids is 1. The normalized spacial score (nSPS) is 14.2. The van der Waals surface area contributed by atoms with Crippen LogP contribution in [0.4, 0.5) is 5.69 Å². The second kappa shape index (κ2) is 9.44. The van der Waals surface area contributed by atoms with Crippen LogP contribution in [0.1, 0.15) is 25.0 Å². The van der Waals surface area contributed by atoms with Gasteiger partial charge >= 0.3 is 5.97 Å². The van der Waals surface area contributed by atoms with Gasteiger partial charge < -0.3 is 14.2 Å². The molecule has 8 nitrogen and oxygen atoms in total. The van der Waals surface area contributed by atoms with Gasteiger partial charge in [0.1, 0.15) is 6.61 Å². The fourth-order valence-electron chi connectivity index (χ4n) is 2.68. The average molecular weight is 443 g/mol. The largest absolute Gasteiger partial charge is 0.490 e. The third-order valence-electron chi connectivity index (χ3n) is 4.06. The summed E-state index contributed by atoms with van der Waals surface area (Å²) in [6.07, 6.45) is 1.54. The number of ether oxygens (including phenoxy) is 3. The van der Waals surface area contributed by atoms with Gasteiger partial charge in [0.25, 0.3) is 5.69 Å². The van der Waals surface area contributed by atoms with Gasteiger partial charge in [-0.3, -0.25) is 10.1 Å². The van der Waals surface area contributed by atoms with Crippen molar-refractivity contribution in [2.24, 2.45) is 4.99 Å². The summed E-state index contributed by atoms with van der Waals surface area (Å²) < 4.78 is 16.5. The van der Waals surface area contributed by atoms with Crippen molar-refractivity contribution in [1.82, 2.24) is 0 Å². The van der Waals surface area contributed by atoms with E-state index in [0.29, 0.717) is 30.3 Å². The minimum absolute atomic E-state index is 0.0254. The van der Waals surface area contributed by atoms with Crippen LogP contribution >= 0.6 is 11.6 Å². The van der Waals surface area contributed by atoms with E-state index in [1.165, 1.54) is 18.2 Å². The molecule has 0 saturated heterocycles. The molecule has 0 amide bonds. The summed E-state index contributed by atoms with van der Waals surface area (Å²) in [4.78, 5) is 26.8. The molecule has 3 rings (SSSR count). The number of halogens is 1. The number of cyclic esters (lactones) is 1. The number of hydrogen-bond donors (Lipinski definition) is 0.